The third-order valence-corrected chi connectivity index (χ3v) is 2.87. The van der Waals surface area contributed by atoms with Crippen LogP contribution in [-0.2, 0) is 4.74 Å². The van der Waals surface area contributed by atoms with Crippen molar-refractivity contribution in [3.63, 3.8) is 0 Å². The first-order valence-corrected chi connectivity index (χ1v) is 6.65. The molecule has 1 aromatic carbocycles. The molecule has 0 spiro atoms. The van der Waals surface area contributed by atoms with Crippen molar-refractivity contribution in [3.8, 4) is 0 Å². The Labute approximate surface area is 115 Å². The van der Waals surface area contributed by atoms with Crippen molar-refractivity contribution < 1.29 is 13.9 Å². The highest BCUT2D eigenvalue weighted by molar-refractivity contribution is 9.10. The number of carbonyl (C=O) groups excluding carboxylic acids is 1. The number of carbonyl (C=O) groups is 1. The van der Waals surface area contributed by atoms with E-state index in [1.807, 2.05) is 13.8 Å². The average Bonchev–Trinajstić information content (AvgIpc) is 2.31. The Morgan fingerprint density at radius 3 is 2.89 bits per heavy atom. The molecule has 0 heterocycles. The fourth-order valence-electron chi connectivity index (χ4n) is 1.37. The molecule has 0 aromatic heterocycles. The van der Waals surface area contributed by atoms with Crippen LogP contribution >= 0.6 is 15.9 Å². The first kappa shape index (κ1) is 15.1. The van der Waals surface area contributed by atoms with Gasteiger partial charge in [0.2, 0.25) is 0 Å². The molecule has 0 atom stereocenters. The Morgan fingerprint density at radius 2 is 2.22 bits per heavy atom. The standard InChI is InChI=1S/C13H17BrFNO2/c1-9(2)18-8-4-7-16-13(17)10-5-3-6-11(14)12(10)15/h3,5-6,9H,4,7-8H2,1-2H3,(H,16,17). The Hall–Kier alpha value is -0.940. The predicted molar refractivity (Wildman–Crippen MR) is 72.1 cm³/mol. The summed E-state index contributed by atoms with van der Waals surface area (Å²) in [5.74, 6) is -0.938. The molecule has 100 valence electrons. The van der Waals surface area contributed by atoms with Crippen molar-refractivity contribution in [1.29, 1.82) is 0 Å². The van der Waals surface area contributed by atoms with Crippen LogP contribution in [0.25, 0.3) is 0 Å². The van der Waals surface area contributed by atoms with Gasteiger partial charge in [-0.15, -0.1) is 0 Å². The van der Waals surface area contributed by atoms with Gasteiger partial charge in [-0.2, -0.15) is 0 Å². The topological polar surface area (TPSA) is 38.3 Å². The molecule has 18 heavy (non-hydrogen) atoms. The van der Waals surface area contributed by atoms with E-state index >= 15 is 0 Å². The van der Waals surface area contributed by atoms with Crippen LogP contribution in [0.2, 0.25) is 0 Å². The first-order valence-electron chi connectivity index (χ1n) is 5.86. The minimum absolute atomic E-state index is 0.0501. The van der Waals surface area contributed by atoms with E-state index in [1.54, 1.807) is 12.1 Å². The van der Waals surface area contributed by atoms with Crippen LogP contribution in [0, 0.1) is 5.82 Å². The van der Waals surface area contributed by atoms with Gasteiger partial charge in [0.25, 0.3) is 5.91 Å². The molecule has 0 aliphatic carbocycles. The van der Waals surface area contributed by atoms with Crippen molar-refractivity contribution in [2.24, 2.45) is 0 Å². The van der Waals surface area contributed by atoms with E-state index in [-0.39, 0.29) is 11.7 Å². The van der Waals surface area contributed by atoms with Gasteiger partial charge in [-0.1, -0.05) is 6.07 Å². The highest BCUT2D eigenvalue weighted by atomic mass is 79.9. The second-order valence-electron chi connectivity index (χ2n) is 4.13. The highest BCUT2D eigenvalue weighted by Crippen LogP contribution is 2.18. The van der Waals surface area contributed by atoms with Crippen molar-refractivity contribution in [1.82, 2.24) is 5.32 Å². The number of ether oxygens (including phenoxy) is 1. The van der Waals surface area contributed by atoms with Crippen LogP contribution in [0.15, 0.2) is 22.7 Å². The molecular formula is C13H17BrFNO2. The molecule has 1 amide bonds. The molecule has 1 N–H and O–H groups in total. The molecular weight excluding hydrogens is 301 g/mol. The molecule has 0 aliphatic rings. The molecule has 1 aromatic rings. The summed E-state index contributed by atoms with van der Waals surface area (Å²) in [6.45, 7) is 4.96. The maximum absolute atomic E-state index is 13.6. The molecule has 1 rings (SSSR count). The summed E-state index contributed by atoms with van der Waals surface area (Å²) in [5.41, 5.74) is 0.0501. The monoisotopic (exact) mass is 317 g/mol. The highest BCUT2D eigenvalue weighted by Gasteiger charge is 2.12. The van der Waals surface area contributed by atoms with Crippen molar-refractivity contribution in [2.75, 3.05) is 13.2 Å². The van der Waals surface area contributed by atoms with Gasteiger partial charge in [0.05, 0.1) is 16.1 Å². The molecule has 3 nitrogen and oxygen atoms in total. The van der Waals surface area contributed by atoms with Gasteiger partial charge in [-0.05, 0) is 48.3 Å². The van der Waals surface area contributed by atoms with Crippen LogP contribution in [0.5, 0.6) is 0 Å². The fraction of sp³-hybridized carbons (Fsp3) is 0.462. The number of hydrogen-bond donors (Lipinski definition) is 1. The van der Waals surface area contributed by atoms with E-state index in [0.717, 1.165) is 0 Å². The van der Waals surface area contributed by atoms with Gasteiger partial charge in [0.1, 0.15) is 5.82 Å². The van der Waals surface area contributed by atoms with Crippen LogP contribution in [0.3, 0.4) is 0 Å². The number of halogens is 2. The zero-order valence-electron chi connectivity index (χ0n) is 10.5. The smallest absolute Gasteiger partial charge is 0.254 e. The van der Waals surface area contributed by atoms with Crippen LogP contribution in [0.1, 0.15) is 30.6 Å². The van der Waals surface area contributed by atoms with E-state index < -0.39 is 11.7 Å². The lowest BCUT2D eigenvalue weighted by Gasteiger charge is -2.09. The third kappa shape index (κ3) is 4.74. The Kier molecular flexibility index (Phi) is 6.29. The largest absolute Gasteiger partial charge is 0.379 e. The predicted octanol–water partition coefficient (Wildman–Crippen LogP) is 3.13. The number of rotatable bonds is 6. The lowest BCUT2D eigenvalue weighted by atomic mass is 10.2. The summed E-state index contributed by atoms with van der Waals surface area (Å²) in [5, 5.41) is 2.66. The van der Waals surface area contributed by atoms with Crippen molar-refractivity contribution >= 4 is 21.8 Å². The van der Waals surface area contributed by atoms with Crippen molar-refractivity contribution in [2.45, 2.75) is 26.4 Å². The summed E-state index contributed by atoms with van der Waals surface area (Å²) < 4.78 is 19.2. The van der Waals surface area contributed by atoms with E-state index in [4.69, 9.17) is 4.74 Å². The second-order valence-corrected chi connectivity index (χ2v) is 4.98. The molecule has 0 saturated carbocycles. The zero-order chi connectivity index (χ0) is 13.5. The SMILES string of the molecule is CC(C)OCCCNC(=O)c1cccc(Br)c1F. The Balaban J connectivity index is 2.39. The minimum atomic E-state index is -0.534. The lowest BCUT2D eigenvalue weighted by molar-refractivity contribution is 0.0756. The molecule has 0 bridgehead atoms. The number of nitrogens with one attached hydrogen (secondary N) is 1. The Morgan fingerprint density at radius 1 is 1.50 bits per heavy atom. The summed E-state index contributed by atoms with van der Waals surface area (Å²) in [4.78, 5) is 11.7. The van der Waals surface area contributed by atoms with Crippen LogP contribution < -0.4 is 5.32 Å². The van der Waals surface area contributed by atoms with Gasteiger partial charge >= 0.3 is 0 Å². The fourth-order valence-corrected chi connectivity index (χ4v) is 1.73. The van der Waals surface area contributed by atoms with Gasteiger partial charge in [-0.3, -0.25) is 4.79 Å². The maximum atomic E-state index is 13.6. The normalized spacial score (nSPS) is 10.7. The number of amides is 1. The number of benzene rings is 1. The zero-order valence-corrected chi connectivity index (χ0v) is 12.1. The summed E-state index contributed by atoms with van der Waals surface area (Å²) >= 11 is 3.05. The summed E-state index contributed by atoms with van der Waals surface area (Å²) in [7, 11) is 0. The van der Waals surface area contributed by atoms with Gasteiger partial charge in [0, 0.05) is 13.2 Å². The first-order chi connectivity index (χ1) is 8.52. The molecule has 0 fully saturated rings. The molecule has 0 radical (unpaired) electrons. The maximum Gasteiger partial charge on any atom is 0.254 e. The van der Waals surface area contributed by atoms with Gasteiger partial charge in [0.15, 0.2) is 0 Å². The molecule has 0 aliphatic heterocycles. The van der Waals surface area contributed by atoms with Crippen LogP contribution in [-0.4, -0.2) is 25.2 Å². The van der Waals surface area contributed by atoms with Gasteiger partial charge in [-0.25, -0.2) is 4.39 Å². The Bertz CT molecular complexity index is 410. The van der Waals surface area contributed by atoms with E-state index in [1.165, 1.54) is 6.07 Å². The quantitative estimate of drug-likeness (QED) is 0.819. The molecule has 0 unspecified atom stereocenters. The van der Waals surface area contributed by atoms with Crippen molar-refractivity contribution in [3.05, 3.63) is 34.1 Å². The van der Waals surface area contributed by atoms with Gasteiger partial charge < -0.3 is 10.1 Å². The van der Waals surface area contributed by atoms with E-state index in [9.17, 15) is 9.18 Å². The lowest BCUT2D eigenvalue weighted by Crippen LogP contribution is -2.26. The molecule has 5 heteroatoms. The minimum Gasteiger partial charge on any atom is -0.379 e. The second kappa shape index (κ2) is 7.48. The summed E-state index contributed by atoms with van der Waals surface area (Å²) in [6, 6.07) is 4.65. The third-order valence-electron chi connectivity index (χ3n) is 2.25. The average molecular weight is 318 g/mol. The van der Waals surface area contributed by atoms with Crippen LogP contribution in [0.4, 0.5) is 4.39 Å². The number of hydrogen-bond acceptors (Lipinski definition) is 2. The summed E-state index contributed by atoms with van der Waals surface area (Å²) in [6.07, 6.45) is 0.891. The van der Waals surface area contributed by atoms with E-state index in [2.05, 4.69) is 21.2 Å². The molecule has 0 saturated heterocycles. The van der Waals surface area contributed by atoms with E-state index in [0.29, 0.717) is 24.0 Å².